The molecule has 14 heavy (non-hydrogen) atoms. The Labute approximate surface area is 103 Å². The zero-order chi connectivity index (χ0) is 10.1. The lowest BCUT2D eigenvalue weighted by Crippen LogP contribution is -1.83. The Bertz CT molecular complexity index is 464. The summed E-state index contributed by atoms with van der Waals surface area (Å²) in [6.07, 6.45) is 0. The second-order valence-electron chi connectivity index (χ2n) is 2.98. The van der Waals surface area contributed by atoms with Gasteiger partial charge in [0.25, 0.3) is 0 Å². The molecule has 0 amide bonds. The zero-order valence-electron chi connectivity index (χ0n) is 7.26. The first-order valence-electron chi connectivity index (χ1n) is 4.12. The third-order valence-corrected chi connectivity index (χ3v) is 4.56. The number of rotatable bonds is 2. The molecular formula is C10H8Br2OS. The van der Waals surface area contributed by atoms with Crippen LogP contribution in [-0.2, 0) is 11.9 Å². The second kappa shape index (κ2) is 4.31. The summed E-state index contributed by atoms with van der Waals surface area (Å²) in [4.78, 5) is 1.28. The molecule has 0 atom stereocenters. The van der Waals surface area contributed by atoms with E-state index in [0.29, 0.717) is 0 Å². The monoisotopic (exact) mass is 334 g/mol. The molecule has 4 heteroatoms. The molecule has 0 fully saturated rings. The van der Waals surface area contributed by atoms with E-state index in [-0.39, 0.29) is 6.61 Å². The van der Waals surface area contributed by atoms with Crippen LogP contribution in [0.3, 0.4) is 0 Å². The van der Waals surface area contributed by atoms with E-state index in [2.05, 4.69) is 44.0 Å². The highest BCUT2D eigenvalue weighted by Crippen LogP contribution is 2.32. The zero-order valence-corrected chi connectivity index (χ0v) is 11.2. The SMILES string of the molecule is OCc1cc(Br)cc2sc(CBr)cc12. The van der Waals surface area contributed by atoms with Crippen LogP contribution in [0.5, 0.6) is 0 Å². The molecule has 1 aromatic carbocycles. The van der Waals surface area contributed by atoms with Crippen LogP contribution in [0.15, 0.2) is 22.7 Å². The minimum absolute atomic E-state index is 0.0917. The maximum absolute atomic E-state index is 9.21. The maximum Gasteiger partial charge on any atom is 0.0688 e. The van der Waals surface area contributed by atoms with Gasteiger partial charge in [-0.1, -0.05) is 31.9 Å². The summed E-state index contributed by atoms with van der Waals surface area (Å²) in [5, 5.41) is 11.2. The highest BCUT2D eigenvalue weighted by molar-refractivity contribution is 9.10. The topological polar surface area (TPSA) is 20.2 Å². The van der Waals surface area contributed by atoms with Gasteiger partial charge in [0.15, 0.2) is 0 Å². The van der Waals surface area contributed by atoms with Crippen molar-refractivity contribution in [3.8, 4) is 0 Å². The third kappa shape index (κ3) is 1.89. The van der Waals surface area contributed by atoms with E-state index in [1.165, 1.54) is 9.58 Å². The fraction of sp³-hybridized carbons (Fsp3) is 0.200. The Balaban J connectivity index is 2.71. The van der Waals surface area contributed by atoms with Gasteiger partial charge in [-0.2, -0.15) is 0 Å². The van der Waals surface area contributed by atoms with E-state index in [1.807, 2.05) is 6.07 Å². The molecular weight excluding hydrogens is 328 g/mol. The van der Waals surface area contributed by atoms with E-state index in [4.69, 9.17) is 0 Å². The number of hydrogen-bond donors (Lipinski definition) is 1. The summed E-state index contributed by atoms with van der Waals surface area (Å²) in [7, 11) is 0. The molecule has 1 nitrogen and oxygen atoms in total. The molecule has 2 aromatic rings. The number of halogens is 2. The molecule has 0 saturated heterocycles. The largest absolute Gasteiger partial charge is 0.392 e. The van der Waals surface area contributed by atoms with Gasteiger partial charge >= 0.3 is 0 Å². The van der Waals surface area contributed by atoms with Gasteiger partial charge in [-0.25, -0.2) is 0 Å². The van der Waals surface area contributed by atoms with Crippen molar-refractivity contribution in [2.24, 2.45) is 0 Å². The number of fused-ring (bicyclic) bond motifs is 1. The number of aliphatic hydroxyl groups excluding tert-OH is 1. The van der Waals surface area contributed by atoms with Gasteiger partial charge in [-0.15, -0.1) is 11.3 Å². The van der Waals surface area contributed by atoms with Crippen molar-refractivity contribution in [2.45, 2.75) is 11.9 Å². The standard InChI is InChI=1S/C10H8Br2OS/c11-4-8-3-9-6(5-13)1-7(12)2-10(9)14-8/h1-3,13H,4-5H2. The summed E-state index contributed by atoms with van der Waals surface area (Å²) in [5.74, 6) is 0. The van der Waals surface area contributed by atoms with Gasteiger partial charge < -0.3 is 5.11 Å². The number of thiophene rings is 1. The fourth-order valence-electron chi connectivity index (χ4n) is 1.42. The van der Waals surface area contributed by atoms with E-state index in [9.17, 15) is 5.11 Å². The minimum Gasteiger partial charge on any atom is -0.392 e. The van der Waals surface area contributed by atoms with Gasteiger partial charge in [0.2, 0.25) is 0 Å². The lowest BCUT2D eigenvalue weighted by molar-refractivity contribution is 0.283. The predicted molar refractivity (Wildman–Crippen MR) is 68.1 cm³/mol. The summed E-state index contributed by atoms with van der Waals surface area (Å²) in [5.41, 5.74) is 0.984. The van der Waals surface area contributed by atoms with Crippen LogP contribution in [0.4, 0.5) is 0 Å². The van der Waals surface area contributed by atoms with Crippen LogP contribution in [0, 0.1) is 0 Å². The summed E-state index contributed by atoms with van der Waals surface area (Å²) in [6.45, 7) is 0.0917. The molecule has 0 unspecified atom stereocenters. The quantitative estimate of drug-likeness (QED) is 0.821. The van der Waals surface area contributed by atoms with Crippen LogP contribution in [0.2, 0.25) is 0 Å². The van der Waals surface area contributed by atoms with Crippen LogP contribution >= 0.6 is 43.2 Å². The molecule has 0 spiro atoms. The number of alkyl halides is 1. The summed E-state index contributed by atoms with van der Waals surface area (Å²) >= 11 is 8.63. The van der Waals surface area contributed by atoms with E-state index >= 15 is 0 Å². The average molecular weight is 336 g/mol. The molecule has 1 N–H and O–H groups in total. The number of aliphatic hydroxyl groups is 1. The molecule has 1 aromatic heterocycles. The first kappa shape index (κ1) is 10.6. The molecule has 0 aliphatic carbocycles. The van der Waals surface area contributed by atoms with Crippen molar-refractivity contribution in [3.05, 3.63) is 33.1 Å². The van der Waals surface area contributed by atoms with Crippen molar-refractivity contribution in [2.75, 3.05) is 0 Å². The van der Waals surface area contributed by atoms with Crippen LogP contribution in [0.25, 0.3) is 10.1 Å². The Morgan fingerprint density at radius 1 is 1.29 bits per heavy atom. The third-order valence-electron chi connectivity index (χ3n) is 2.04. The lowest BCUT2D eigenvalue weighted by atomic mass is 10.1. The Morgan fingerprint density at radius 2 is 2.07 bits per heavy atom. The Kier molecular flexibility index (Phi) is 3.27. The number of benzene rings is 1. The Hall–Kier alpha value is 0.1000. The molecule has 0 saturated carbocycles. The van der Waals surface area contributed by atoms with Crippen molar-refractivity contribution >= 4 is 53.3 Å². The van der Waals surface area contributed by atoms with E-state index < -0.39 is 0 Å². The lowest BCUT2D eigenvalue weighted by Gasteiger charge is -1.99. The molecule has 0 bridgehead atoms. The van der Waals surface area contributed by atoms with Crippen molar-refractivity contribution in [3.63, 3.8) is 0 Å². The molecule has 74 valence electrons. The molecule has 0 aliphatic rings. The summed E-state index contributed by atoms with van der Waals surface area (Å²) in [6, 6.07) is 6.19. The molecule has 0 aliphatic heterocycles. The van der Waals surface area contributed by atoms with Crippen LogP contribution < -0.4 is 0 Å². The van der Waals surface area contributed by atoms with E-state index in [1.54, 1.807) is 11.3 Å². The fourth-order valence-corrected chi connectivity index (χ4v) is 3.59. The first-order valence-corrected chi connectivity index (χ1v) is 6.85. The summed E-state index contributed by atoms with van der Waals surface area (Å²) < 4.78 is 2.25. The molecule has 1 heterocycles. The van der Waals surface area contributed by atoms with Gasteiger partial charge in [0.1, 0.15) is 0 Å². The minimum atomic E-state index is 0.0917. The first-order chi connectivity index (χ1) is 6.74. The molecule has 0 radical (unpaired) electrons. The second-order valence-corrected chi connectivity index (χ2v) is 5.63. The highest BCUT2D eigenvalue weighted by Gasteiger charge is 2.06. The number of hydrogen-bond acceptors (Lipinski definition) is 2. The van der Waals surface area contributed by atoms with Crippen molar-refractivity contribution < 1.29 is 5.11 Å². The Morgan fingerprint density at radius 3 is 2.71 bits per heavy atom. The van der Waals surface area contributed by atoms with Crippen LogP contribution in [-0.4, -0.2) is 5.11 Å². The highest BCUT2D eigenvalue weighted by atomic mass is 79.9. The van der Waals surface area contributed by atoms with E-state index in [0.717, 1.165) is 20.8 Å². The average Bonchev–Trinajstić information content (AvgIpc) is 2.59. The van der Waals surface area contributed by atoms with Gasteiger partial charge in [-0.05, 0) is 29.1 Å². The van der Waals surface area contributed by atoms with Gasteiger partial charge in [0.05, 0.1) is 6.61 Å². The predicted octanol–water partition coefficient (Wildman–Crippen LogP) is 4.05. The van der Waals surface area contributed by atoms with Crippen molar-refractivity contribution in [1.82, 2.24) is 0 Å². The van der Waals surface area contributed by atoms with Gasteiger partial charge in [-0.3, -0.25) is 0 Å². The van der Waals surface area contributed by atoms with Crippen molar-refractivity contribution in [1.29, 1.82) is 0 Å². The smallest absolute Gasteiger partial charge is 0.0688 e. The molecule has 2 rings (SSSR count). The van der Waals surface area contributed by atoms with Crippen LogP contribution in [0.1, 0.15) is 10.4 Å². The normalized spacial score (nSPS) is 11.1. The van der Waals surface area contributed by atoms with Gasteiger partial charge in [0, 0.05) is 19.4 Å². The maximum atomic E-state index is 9.21.